The van der Waals surface area contributed by atoms with Crippen LogP contribution in [-0.2, 0) is 9.53 Å². The number of aliphatic hydroxyl groups is 2. The van der Waals surface area contributed by atoms with Crippen LogP contribution >= 0.6 is 0 Å². The van der Waals surface area contributed by atoms with Crippen LogP contribution in [0.15, 0.2) is 12.1 Å². The maximum absolute atomic E-state index is 13.5. The van der Waals surface area contributed by atoms with Crippen LogP contribution in [0.25, 0.3) is 0 Å². The first kappa shape index (κ1) is 16.3. The molecule has 20 heavy (non-hydrogen) atoms. The monoisotopic (exact) mass is 290 g/mol. The molecule has 0 fully saturated rings. The number of rotatable bonds is 6. The number of halogens is 2. The van der Waals surface area contributed by atoms with E-state index in [1.54, 1.807) is 6.92 Å². The van der Waals surface area contributed by atoms with Crippen molar-refractivity contribution in [3.05, 3.63) is 29.3 Å². The Morgan fingerprint density at radius 3 is 2.30 bits per heavy atom. The minimum absolute atomic E-state index is 0.132. The predicted octanol–water partition coefficient (Wildman–Crippen LogP) is 1.32. The van der Waals surface area contributed by atoms with Gasteiger partial charge in [0.15, 0.2) is 17.4 Å². The Balaban J connectivity index is 2.86. The largest absolute Gasteiger partial charge is 0.491 e. The molecule has 1 rings (SSSR count). The standard InChI is InChI=1S/C13H16F2O5/c1-3-20-11(17)6-10(16)12(18)7-4-8(14)13(19-2)9(15)5-7/h4-5,10,12,16,18H,3,6H2,1-2H3. The van der Waals surface area contributed by atoms with Gasteiger partial charge >= 0.3 is 5.97 Å². The van der Waals surface area contributed by atoms with E-state index in [4.69, 9.17) is 0 Å². The lowest BCUT2D eigenvalue weighted by atomic mass is 10.0. The van der Waals surface area contributed by atoms with Gasteiger partial charge in [-0.15, -0.1) is 0 Å². The number of methoxy groups -OCH3 is 1. The van der Waals surface area contributed by atoms with E-state index in [0.29, 0.717) is 0 Å². The minimum atomic E-state index is -1.62. The van der Waals surface area contributed by atoms with E-state index in [-0.39, 0.29) is 12.2 Å². The molecular formula is C13H16F2O5. The Morgan fingerprint density at radius 2 is 1.85 bits per heavy atom. The van der Waals surface area contributed by atoms with Crippen LogP contribution in [0.5, 0.6) is 5.75 Å². The molecule has 2 atom stereocenters. The van der Waals surface area contributed by atoms with Gasteiger partial charge in [-0.2, -0.15) is 0 Å². The quantitative estimate of drug-likeness (QED) is 0.773. The van der Waals surface area contributed by atoms with Crippen molar-refractivity contribution in [3.63, 3.8) is 0 Å². The number of carbonyl (C=O) groups is 1. The lowest BCUT2D eigenvalue weighted by Gasteiger charge is -2.18. The van der Waals surface area contributed by atoms with Crippen LogP contribution < -0.4 is 4.74 Å². The number of hydrogen-bond acceptors (Lipinski definition) is 5. The molecule has 1 aromatic carbocycles. The number of esters is 1. The molecule has 0 aliphatic rings. The SMILES string of the molecule is CCOC(=O)CC(O)C(O)c1cc(F)c(OC)c(F)c1. The summed E-state index contributed by atoms with van der Waals surface area (Å²) in [4.78, 5) is 11.2. The number of hydrogen-bond donors (Lipinski definition) is 2. The van der Waals surface area contributed by atoms with Gasteiger partial charge in [0.1, 0.15) is 6.10 Å². The highest BCUT2D eigenvalue weighted by atomic mass is 19.1. The van der Waals surface area contributed by atoms with Crippen LogP contribution in [0.1, 0.15) is 25.0 Å². The zero-order valence-corrected chi connectivity index (χ0v) is 11.1. The van der Waals surface area contributed by atoms with Gasteiger partial charge in [0, 0.05) is 0 Å². The van der Waals surface area contributed by atoms with E-state index >= 15 is 0 Å². The second-order valence-electron chi connectivity index (χ2n) is 4.04. The summed E-state index contributed by atoms with van der Waals surface area (Å²) >= 11 is 0. The molecule has 7 heteroatoms. The van der Waals surface area contributed by atoms with Crippen molar-refractivity contribution in [3.8, 4) is 5.75 Å². The van der Waals surface area contributed by atoms with Crippen molar-refractivity contribution < 1.29 is 33.3 Å². The van der Waals surface area contributed by atoms with Crippen molar-refractivity contribution in [2.75, 3.05) is 13.7 Å². The van der Waals surface area contributed by atoms with Crippen molar-refractivity contribution in [2.45, 2.75) is 25.6 Å². The highest BCUT2D eigenvalue weighted by Gasteiger charge is 2.24. The maximum atomic E-state index is 13.5. The third-order valence-corrected chi connectivity index (χ3v) is 2.61. The fraction of sp³-hybridized carbons (Fsp3) is 0.462. The smallest absolute Gasteiger partial charge is 0.308 e. The molecule has 0 heterocycles. The van der Waals surface area contributed by atoms with Crippen molar-refractivity contribution in [1.82, 2.24) is 0 Å². The molecule has 0 radical (unpaired) electrons. The highest BCUT2D eigenvalue weighted by Crippen LogP contribution is 2.27. The molecule has 2 N–H and O–H groups in total. The molecular weight excluding hydrogens is 274 g/mol. The topological polar surface area (TPSA) is 76.0 Å². The second-order valence-corrected chi connectivity index (χ2v) is 4.04. The van der Waals surface area contributed by atoms with E-state index in [9.17, 15) is 23.8 Å². The van der Waals surface area contributed by atoms with Crippen molar-refractivity contribution in [1.29, 1.82) is 0 Å². The summed E-state index contributed by atoms with van der Waals surface area (Å²) < 4.78 is 36.0. The molecule has 0 bridgehead atoms. The maximum Gasteiger partial charge on any atom is 0.308 e. The summed E-state index contributed by atoms with van der Waals surface area (Å²) in [7, 11) is 1.10. The Labute approximate surface area is 114 Å². The third-order valence-electron chi connectivity index (χ3n) is 2.61. The molecule has 0 spiro atoms. The van der Waals surface area contributed by atoms with Crippen LogP contribution in [0, 0.1) is 11.6 Å². The Hall–Kier alpha value is -1.73. The molecule has 0 saturated heterocycles. The fourth-order valence-electron chi connectivity index (χ4n) is 1.67. The lowest BCUT2D eigenvalue weighted by Crippen LogP contribution is -2.23. The first-order valence-corrected chi connectivity index (χ1v) is 5.95. The van der Waals surface area contributed by atoms with Crippen LogP contribution in [0.4, 0.5) is 8.78 Å². The first-order valence-electron chi connectivity index (χ1n) is 5.95. The van der Waals surface area contributed by atoms with E-state index in [0.717, 1.165) is 19.2 Å². The van der Waals surface area contributed by atoms with E-state index < -0.39 is 42.0 Å². The van der Waals surface area contributed by atoms with Gasteiger partial charge in [-0.1, -0.05) is 0 Å². The van der Waals surface area contributed by atoms with Crippen LogP contribution in [0.2, 0.25) is 0 Å². The van der Waals surface area contributed by atoms with Gasteiger partial charge in [0.2, 0.25) is 0 Å². The number of ether oxygens (including phenoxy) is 2. The van der Waals surface area contributed by atoms with E-state index in [1.807, 2.05) is 0 Å². The zero-order valence-electron chi connectivity index (χ0n) is 11.1. The average Bonchev–Trinajstić information content (AvgIpc) is 2.37. The predicted molar refractivity (Wildman–Crippen MR) is 65.1 cm³/mol. The van der Waals surface area contributed by atoms with Gasteiger partial charge in [0.25, 0.3) is 0 Å². The second kappa shape index (κ2) is 7.16. The molecule has 5 nitrogen and oxygen atoms in total. The summed E-state index contributed by atoms with van der Waals surface area (Å²) in [5.41, 5.74) is -0.197. The molecule has 0 saturated carbocycles. The van der Waals surface area contributed by atoms with Gasteiger partial charge in [-0.25, -0.2) is 8.78 Å². The van der Waals surface area contributed by atoms with Crippen molar-refractivity contribution >= 4 is 5.97 Å². The molecule has 0 aromatic heterocycles. The molecule has 0 aliphatic heterocycles. The Kier molecular flexibility index (Phi) is 5.84. The number of benzene rings is 1. The third kappa shape index (κ3) is 3.88. The first-order chi connectivity index (χ1) is 9.40. The molecule has 112 valence electrons. The summed E-state index contributed by atoms with van der Waals surface area (Å²) in [5.74, 6) is -3.32. The van der Waals surface area contributed by atoms with Crippen LogP contribution in [-0.4, -0.2) is 36.0 Å². The van der Waals surface area contributed by atoms with E-state index in [2.05, 4.69) is 9.47 Å². The Bertz CT molecular complexity index is 455. The zero-order chi connectivity index (χ0) is 15.3. The summed E-state index contributed by atoms with van der Waals surface area (Å²) in [5, 5.41) is 19.4. The average molecular weight is 290 g/mol. The van der Waals surface area contributed by atoms with Crippen molar-refractivity contribution in [2.24, 2.45) is 0 Å². The summed E-state index contributed by atoms with van der Waals surface area (Å²) in [6, 6.07) is 1.67. The number of carbonyl (C=O) groups excluding carboxylic acids is 1. The molecule has 1 aromatic rings. The molecule has 2 unspecified atom stereocenters. The number of aliphatic hydroxyl groups excluding tert-OH is 2. The van der Waals surface area contributed by atoms with Gasteiger partial charge < -0.3 is 19.7 Å². The van der Waals surface area contributed by atoms with Gasteiger partial charge in [-0.3, -0.25) is 4.79 Å². The summed E-state index contributed by atoms with van der Waals surface area (Å²) in [6.45, 7) is 1.72. The Morgan fingerprint density at radius 1 is 1.30 bits per heavy atom. The molecule has 0 aliphatic carbocycles. The van der Waals surface area contributed by atoms with Crippen LogP contribution in [0.3, 0.4) is 0 Å². The molecule has 0 amide bonds. The fourth-order valence-corrected chi connectivity index (χ4v) is 1.67. The highest BCUT2D eigenvalue weighted by molar-refractivity contribution is 5.70. The minimum Gasteiger partial charge on any atom is -0.491 e. The van der Waals surface area contributed by atoms with E-state index in [1.165, 1.54) is 0 Å². The lowest BCUT2D eigenvalue weighted by molar-refractivity contribution is -0.147. The normalized spacial score (nSPS) is 13.7. The van der Waals surface area contributed by atoms with Gasteiger partial charge in [0.05, 0.1) is 26.2 Å². The summed E-state index contributed by atoms with van der Waals surface area (Å²) in [6.07, 6.45) is -3.62. The van der Waals surface area contributed by atoms with Gasteiger partial charge in [-0.05, 0) is 24.6 Å².